The highest BCUT2D eigenvalue weighted by atomic mass is 31.2. The summed E-state index contributed by atoms with van der Waals surface area (Å²) in [6.45, 7) is 0.795. The lowest BCUT2D eigenvalue weighted by Crippen LogP contribution is -2.64. The van der Waals surface area contributed by atoms with Crippen LogP contribution < -0.4 is 18.9 Å². The molecule has 6 atom stereocenters. The number of methoxy groups -OCH3 is 2. The van der Waals surface area contributed by atoms with Gasteiger partial charge in [-0.25, -0.2) is 4.57 Å². The lowest BCUT2D eigenvalue weighted by Gasteiger charge is -2.56. The summed E-state index contributed by atoms with van der Waals surface area (Å²) in [6.07, 6.45) is 4.67. The fourth-order valence-corrected chi connectivity index (χ4v) is 6.37. The molecular formula is C28H38NO11P. The number of aliphatic hydroxyl groups is 3. The number of likely N-dealkylation sites (N-methyl/N-ethyl adjacent to an activating group) is 1. The molecule has 2 heterocycles. The number of rotatable bonds is 6. The Hall–Kier alpha value is -2.67. The van der Waals surface area contributed by atoms with Crippen molar-refractivity contribution >= 4 is 7.82 Å². The first-order chi connectivity index (χ1) is 19.4. The Labute approximate surface area is 238 Å². The fraction of sp³-hybridized carbons (Fsp3) is 0.500. The van der Waals surface area contributed by atoms with E-state index in [9.17, 15) is 5.11 Å². The van der Waals surface area contributed by atoms with Gasteiger partial charge in [0.25, 0.3) is 0 Å². The highest BCUT2D eigenvalue weighted by Gasteiger charge is 2.64. The average molecular weight is 596 g/mol. The summed E-state index contributed by atoms with van der Waals surface area (Å²) < 4.78 is 31.0. The van der Waals surface area contributed by atoms with E-state index in [1.807, 2.05) is 24.3 Å². The van der Waals surface area contributed by atoms with E-state index in [4.69, 9.17) is 48.4 Å². The molecule has 6 rings (SSSR count). The summed E-state index contributed by atoms with van der Waals surface area (Å²) in [6, 6.07) is 11.8. The van der Waals surface area contributed by atoms with Gasteiger partial charge in [0.1, 0.15) is 24.9 Å². The Bertz CT molecular complexity index is 1280. The quantitative estimate of drug-likeness (QED) is 0.207. The van der Waals surface area contributed by atoms with Crippen LogP contribution in [0, 0.1) is 5.92 Å². The number of likely N-dealkylation sites (tertiary alicyclic amines) is 1. The van der Waals surface area contributed by atoms with Gasteiger partial charge in [-0.1, -0.05) is 30.4 Å². The van der Waals surface area contributed by atoms with Crippen molar-refractivity contribution < 1.29 is 53.5 Å². The third kappa shape index (κ3) is 6.40. The van der Waals surface area contributed by atoms with Crippen molar-refractivity contribution in [1.82, 2.24) is 4.90 Å². The maximum atomic E-state index is 10.6. The van der Waals surface area contributed by atoms with E-state index in [1.165, 1.54) is 11.1 Å². The molecule has 2 aromatic carbocycles. The van der Waals surface area contributed by atoms with Gasteiger partial charge in [-0.2, -0.15) is 0 Å². The largest absolute Gasteiger partial charge is 0.493 e. The molecule has 1 unspecified atom stereocenters. The van der Waals surface area contributed by atoms with Gasteiger partial charge < -0.3 is 53.8 Å². The number of hydrogen-bond acceptors (Lipinski definition) is 9. The molecule has 226 valence electrons. The highest BCUT2D eigenvalue weighted by Crippen LogP contribution is 2.62. The Kier molecular flexibility index (Phi) is 9.67. The number of phosphoric acid groups is 1. The number of ether oxygens (including phenoxy) is 4. The van der Waals surface area contributed by atoms with Crippen molar-refractivity contribution in [3.8, 4) is 23.0 Å². The first-order valence-corrected chi connectivity index (χ1v) is 14.8. The normalized spacial score (nSPS) is 27.6. The summed E-state index contributed by atoms with van der Waals surface area (Å²) in [5.74, 6) is 3.26. The second kappa shape index (κ2) is 12.7. The minimum Gasteiger partial charge on any atom is -0.493 e. The minimum atomic E-state index is -4.64. The van der Waals surface area contributed by atoms with Crippen LogP contribution in [0.4, 0.5) is 0 Å². The van der Waals surface area contributed by atoms with Crippen LogP contribution >= 0.6 is 7.82 Å². The van der Waals surface area contributed by atoms with Crippen molar-refractivity contribution in [2.45, 2.75) is 42.6 Å². The molecule has 1 fully saturated rings. The topological polar surface area (TPSA) is 179 Å². The molecular weight excluding hydrogens is 557 g/mol. The monoisotopic (exact) mass is 595 g/mol. The van der Waals surface area contributed by atoms with Gasteiger partial charge in [0.05, 0.1) is 20.8 Å². The zero-order valence-electron chi connectivity index (χ0n) is 23.2. The third-order valence-corrected chi connectivity index (χ3v) is 8.07. The molecule has 1 saturated heterocycles. The van der Waals surface area contributed by atoms with Crippen LogP contribution in [0.25, 0.3) is 0 Å². The van der Waals surface area contributed by atoms with Gasteiger partial charge in [0, 0.05) is 22.9 Å². The predicted molar refractivity (Wildman–Crippen MR) is 148 cm³/mol. The summed E-state index contributed by atoms with van der Waals surface area (Å²) >= 11 is 0. The van der Waals surface area contributed by atoms with E-state index in [0.29, 0.717) is 23.5 Å². The minimum absolute atomic E-state index is 0.0525. The number of benzene rings is 2. The average Bonchev–Trinajstić information content (AvgIpc) is 3.30. The summed E-state index contributed by atoms with van der Waals surface area (Å²) in [4.78, 5) is 24.0. The summed E-state index contributed by atoms with van der Waals surface area (Å²) in [5.41, 5.74) is 2.60. The first kappa shape index (κ1) is 31.3. The van der Waals surface area contributed by atoms with Crippen LogP contribution in [0.5, 0.6) is 23.0 Å². The van der Waals surface area contributed by atoms with Crippen LogP contribution in [-0.4, -0.2) is 100 Å². The van der Waals surface area contributed by atoms with Crippen molar-refractivity contribution in [1.29, 1.82) is 0 Å². The fourth-order valence-electron chi connectivity index (χ4n) is 6.37. The zero-order valence-corrected chi connectivity index (χ0v) is 24.1. The van der Waals surface area contributed by atoms with Gasteiger partial charge in [0.15, 0.2) is 23.0 Å². The van der Waals surface area contributed by atoms with E-state index >= 15 is 0 Å². The van der Waals surface area contributed by atoms with Crippen molar-refractivity contribution in [3.63, 3.8) is 0 Å². The standard InChI is InChI=1S/C18H21NO3.C10H14O4.H3O4P/c1-19-8-7-18-11-4-5-13(20)17(18)22-16-14(21-2)6-3-10(15(16)18)9-12(11)19;1-13-9-4-2-3-5-10(9)14-7-8(12)6-11;1-5(2,3)4/h3-6,11-13,17,20H,7-9H2,1-2H3;2-5,8,11-12H,6-7H2,1H3;(H3,1,2,3,4)/t11-,12+,13-,17-,18-;;/m0../s1. The first-order valence-electron chi connectivity index (χ1n) is 13.2. The smallest absolute Gasteiger partial charge is 0.466 e. The van der Waals surface area contributed by atoms with Crippen LogP contribution in [0.2, 0.25) is 0 Å². The SMILES string of the molecule is COc1ccc2c3c1O[C@H]1[C@@H](O)C=C[C@H]4[C@@H](C2)N(C)CC[C@@]341.COc1ccccc1OCC(O)CO.O=P(O)(O)O. The van der Waals surface area contributed by atoms with Gasteiger partial charge >= 0.3 is 7.82 Å². The van der Waals surface area contributed by atoms with Crippen molar-refractivity contribution in [3.05, 3.63) is 59.7 Å². The van der Waals surface area contributed by atoms with E-state index in [1.54, 1.807) is 26.4 Å². The molecule has 41 heavy (non-hydrogen) atoms. The van der Waals surface area contributed by atoms with E-state index < -0.39 is 20.0 Å². The predicted octanol–water partition coefficient (Wildman–Crippen LogP) is 1.000. The van der Waals surface area contributed by atoms with Gasteiger partial charge in [-0.15, -0.1) is 0 Å². The van der Waals surface area contributed by atoms with E-state index in [0.717, 1.165) is 30.9 Å². The number of hydrogen-bond donors (Lipinski definition) is 6. The maximum absolute atomic E-state index is 10.6. The molecule has 0 radical (unpaired) electrons. The molecule has 2 aliphatic carbocycles. The molecule has 0 saturated carbocycles. The van der Waals surface area contributed by atoms with Crippen molar-refractivity contribution in [2.24, 2.45) is 5.92 Å². The lowest BCUT2D eigenvalue weighted by atomic mass is 9.53. The zero-order chi connectivity index (χ0) is 29.9. The Morgan fingerprint density at radius 2 is 1.73 bits per heavy atom. The second-order valence-corrected chi connectivity index (χ2v) is 11.5. The Balaban J connectivity index is 0.000000176. The highest BCUT2D eigenvalue weighted by molar-refractivity contribution is 7.45. The molecule has 2 aliphatic heterocycles. The molecule has 13 heteroatoms. The molecule has 6 N–H and O–H groups in total. The van der Waals surface area contributed by atoms with Crippen LogP contribution in [0.15, 0.2) is 48.6 Å². The number of nitrogens with zero attached hydrogens (tertiary/aromatic N) is 1. The summed E-state index contributed by atoms with van der Waals surface area (Å²) in [7, 11) is 0.814. The van der Waals surface area contributed by atoms with E-state index in [2.05, 4.69) is 24.1 Å². The number of aliphatic hydroxyl groups excluding tert-OH is 3. The molecule has 2 aromatic rings. The van der Waals surface area contributed by atoms with Crippen molar-refractivity contribution in [2.75, 3.05) is 41.0 Å². The Morgan fingerprint density at radius 1 is 1.07 bits per heavy atom. The lowest BCUT2D eigenvalue weighted by molar-refractivity contribution is -0.0453. The van der Waals surface area contributed by atoms with Crippen LogP contribution in [0.1, 0.15) is 17.5 Å². The molecule has 12 nitrogen and oxygen atoms in total. The maximum Gasteiger partial charge on any atom is 0.466 e. The Morgan fingerprint density at radius 3 is 2.37 bits per heavy atom. The molecule has 4 aliphatic rings. The molecule has 0 aromatic heterocycles. The van der Waals surface area contributed by atoms with Gasteiger partial charge in [0.2, 0.25) is 0 Å². The van der Waals surface area contributed by atoms with E-state index in [-0.39, 0.29) is 24.7 Å². The van der Waals surface area contributed by atoms with Crippen LogP contribution in [-0.2, 0) is 16.4 Å². The van der Waals surface area contributed by atoms with Gasteiger partial charge in [-0.05, 0) is 50.2 Å². The molecule has 1 spiro atoms. The van der Waals surface area contributed by atoms with Crippen LogP contribution in [0.3, 0.4) is 0 Å². The number of para-hydroxylation sites is 2. The number of piperidine rings is 1. The second-order valence-electron chi connectivity index (χ2n) is 10.4. The van der Waals surface area contributed by atoms with Gasteiger partial charge in [-0.3, -0.25) is 0 Å². The third-order valence-electron chi connectivity index (χ3n) is 8.07. The molecule has 2 bridgehead atoms. The molecule has 0 amide bonds. The summed E-state index contributed by atoms with van der Waals surface area (Å²) in [5, 5.41) is 28.2.